The normalized spacial score (nSPS) is 17.4. The van der Waals surface area contributed by atoms with E-state index in [-0.39, 0.29) is 31.0 Å². The Hall–Kier alpha value is -4.61. The number of rotatable bonds is 13. The zero-order chi connectivity index (χ0) is 31.0. The Morgan fingerprint density at radius 1 is 0.976 bits per heavy atom. The van der Waals surface area contributed by atoms with Crippen LogP contribution in [0, 0.1) is 20.2 Å². The number of ether oxygens (including phenoxy) is 3. The molecular weight excluding hydrogens is 580 g/mol. The summed E-state index contributed by atoms with van der Waals surface area (Å²) in [5.41, 5.74) is 0.580. The summed E-state index contributed by atoms with van der Waals surface area (Å²) in [5, 5.41) is 32.7. The van der Waals surface area contributed by atoms with E-state index in [2.05, 4.69) is 5.32 Å². The van der Waals surface area contributed by atoms with Gasteiger partial charge < -0.3 is 24.6 Å². The molecule has 0 spiro atoms. The Labute approximate surface area is 242 Å². The molecule has 0 saturated carbocycles. The van der Waals surface area contributed by atoms with Crippen LogP contribution >= 0.6 is 11.8 Å². The second-order valence-electron chi connectivity index (χ2n) is 8.74. The predicted octanol–water partition coefficient (Wildman–Crippen LogP) is 2.01. The number of amides is 2. The van der Waals surface area contributed by atoms with E-state index in [0.29, 0.717) is 27.8 Å². The van der Waals surface area contributed by atoms with Gasteiger partial charge in [0.05, 0.1) is 9.85 Å². The van der Waals surface area contributed by atoms with Crippen molar-refractivity contribution in [3.8, 4) is 0 Å². The van der Waals surface area contributed by atoms with Gasteiger partial charge in [-0.1, -0.05) is 18.7 Å². The topological polar surface area (TPSA) is 218 Å². The number of carbonyl (C=O) groups excluding carboxylic acids is 4. The number of aliphatic hydroxyl groups is 1. The van der Waals surface area contributed by atoms with E-state index in [9.17, 15) is 44.5 Å². The first kappa shape index (κ1) is 31.9. The predicted molar refractivity (Wildman–Crippen MR) is 143 cm³/mol. The maximum Gasteiger partial charge on any atom is 0.408 e. The minimum atomic E-state index is -2.08. The van der Waals surface area contributed by atoms with Crippen molar-refractivity contribution in [1.29, 1.82) is 0 Å². The van der Waals surface area contributed by atoms with Gasteiger partial charge in [-0.25, -0.2) is 9.59 Å². The second kappa shape index (κ2) is 14.3. The monoisotopic (exact) mass is 606 g/mol. The molecule has 1 saturated heterocycles. The number of hydrogen-bond acceptors (Lipinski definition) is 13. The number of aliphatic hydroxyl groups excluding tert-OH is 1. The molecule has 224 valence electrons. The summed E-state index contributed by atoms with van der Waals surface area (Å²) in [6.45, 7) is 1.05. The van der Waals surface area contributed by atoms with E-state index in [1.54, 1.807) is 6.92 Å². The number of carbonyl (C=O) groups is 4. The summed E-state index contributed by atoms with van der Waals surface area (Å²) in [5.74, 6) is -1.97. The highest BCUT2D eigenvalue weighted by molar-refractivity contribution is 8.14. The molecule has 42 heavy (non-hydrogen) atoms. The molecule has 2 unspecified atom stereocenters. The van der Waals surface area contributed by atoms with Gasteiger partial charge >= 0.3 is 12.1 Å². The fourth-order valence-corrected chi connectivity index (χ4v) is 5.00. The van der Waals surface area contributed by atoms with Gasteiger partial charge in [0, 0.05) is 31.4 Å². The zero-order valence-electron chi connectivity index (χ0n) is 22.2. The highest BCUT2D eigenvalue weighted by Gasteiger charge is 2.54. The molecule has 0 bridgehead atoms. The molecule has 2 amide bonds. The molecule has 0 aromatic heterocycles. The third-order valence-corrected chi connectivity index (χ3v) is 7.26. The third kappa shape index (κ3) is 7.77. The minimum Gasteiger partial charge on any atom is -0.457 e. The van der Waals surface area contributed by atoms with Crippen molar-refractivity contribution in [2.75, 3.05) is 7.11 Å². The first-order chi connectivity index (χ1) is 20.0. The summed E-state index contributed by atoms with van der Waals surface area (Å²) in [7, 11) is 1.21. The van der Waals surface area contributed by atoms with E-state index in [0.717, 1.165) is 0 Å². The molecule has 2 N–H and O–H groups in total. The highest BCUT2D eigenvalue weighted by atomic mass is 32.2. The Kier molecular flexibility index (Phi) is 10.9. The Morgan fingerprint density at radius 3 is 1.93 bits per heavy atom. The molecular formula is C25H26N4O12S. The molecule has 17 heteroatoms. The number of nitro benzene ring substituents is 2. The summed E-state index contributed by atoms with van der Waals surface area (Å²) in [6.07, 6.45) is -4.04. The fourth-order valence-electron chi connectivity index (χ4n) is 3.69. The van der Waals surface area contributed by atoms with Crippen LogP contribution < -0.4 is 5.32 Å². The van der Waals surface area contributed by atoms with E-state index < -0.39 is 56.7 Å². The van der Waals surface area contributed by atoms with Crippen LogP contribution in [0.25, 0.3) is 0 Å². The van der Waals surface area contributed by atoms with Crippen LogP contribution in [0.5, 0.6) is 0 Å². The number of hydrogen-bond donors (Lipinski definition) is 2. The number of thioether (sulfide) groups is 1. The molecule has 2 aromatic carbocycles. The van der Waals surface area contributed by atoms with Crippen molar-refractivity contribution in [3.05, 3.63) is 79.9 Å². The lowest BCUT2D eigenvalue weighted by atomic mass is 10.1. The largest absolute Gasteiger partial charge is 0.457 e. The molecule has 2 aromatic rings. The van der Waals surface area contributed by atoms with Gasteiger partial charge in [-0.05, 0) is 41.8 Å². The van der Waals surface area contributed by atoms with Gasteiger partial charge in [0.25, 0.3) is 17.3 Å². The Morgan fingerprint density at radius 2 is 1.48 bits per heavy atom. The number of methoxy groups -OCH3 is 1. The summed E-state index contributed by atoms with van der Waals surface area (Å²) in [4.78, 5) is 71.3. The van der Waals surface area contributed by atoms with Gasteiger partial charge in [0.2, 0.25) is 11.3 Å². The van der Waals surface area contributed by atoms with Gasteiger partial charge in [0.1, 0.15) is 24.6 Å². The van der Waals surface area contributed by atoms with E-state index in [4.69, 9.17) is 14.2 Å². The van der Waals surface area contributed by atoms with Gasteiger partial charge in [-0.15, -0.1) is 0 Å². The SMILES string of the molecule is CCC(NC(=O)OCc1ccc([N+](=O)[O-])cc1)C(=O)S[C@@H]1[C@@H](OC)C(=O)N1C(O)C(=O)OCc1ccc([N+](=O)[O-])cc1. The van der Waals surface area contributed by atoms with E-state index >= 15 is 0 Å². The van der Waals surface area contributed by atoms with Gasteiger partial charge in [-0.3, -0.25) is 34.7 Å². The van der Waals surface area contributed by atoms with E-state index in [1.165, 1.54) is 55.6 Å². The number of nitrogens with one attached hydrogen (secondary N) is 1. The molecule has 1 aliphatic rings. The molecule has 1 fully saturated rings. The number of esters is 1. The van der Waals surface area contributed by atoms with Crippen LogP contribution in [0.15, 0.2) is 48.5 Å². The van der Waals surface area contributed by atoms with Gasteiger partial charge in [-0.2, -0.15) is 0 Å². The van der Waals surface area contributed by atoms with Crippen LogP contribution in [0.4, 0.5) is 16.2 Å². The van der Waals surface area contributed by atoms with Crippen molar-refractivity contribution in [3.63, 3.8) is 0 Å². The van der Waals surface area contributed by atoms with Crippen LogP contribution in [-0.4, -0.2) is 73.8 Å². The number of likely N-dealkylation sites (tertiary alicyclic amines) is 1. The summed E-state index contributed by atoms with van der Waals surface area (Å²) in [6, 6.07) is 9.41. The van der Waals surface area contributed by atoms with E-state index in [1.807, 2.05) is 0 Å². The van der Waals surface area contributed by atoms with Crippen LogP contribution in [0.2, 0.25) is 0 Å². The summed E-state index contributed by atoms with van der Waals surface area (Å²) >= 11 is 0.564. The van der Waals surface area contributed by atoms with Gasteiger partial charge in [0.15, 0.2) is 6.10 Å². The lowest BCUT2D eigenvalue weighted by molar-refractivity contribution is -0.385. The molecule has 1 heterocycles. The maximum atomic E-state index is 13.0. The minimum absolute atomic E-state index is 0.127. The zero-order valence-corrected chi connectivity index (χ0v) is 23.1. The number of alkyl carbamates (subject to hydrolysis) is 1. The molecule has 3 rings (SSSR count). The lowest BCUT2D eigenvalue weighted by Gasteiger charge is -2.46. The average Bonchev–Trinajstić information content (AvgIpc) is 2.97. The number of nitro groups is 2. The first-order valence-electron chi connectivity index (χ1n) is 12.3. The Bertz CT molecular complexity index is 1340. The maximum absolute atomic E-state index is 13.0. The number of benzene rings is 2. The molecule has 1 aliphatic heterocycles. The Balaban J connectivity index is 1.55. The molecule has 16 nitrogen and oxygen atoms in total. The van der Waals surface area contributed by atoms with Crippen molar-refractivity contribution in [1.82, 2.24) is 10.2 Å². The third-order valence-electron chi connectivity index (χ3n) is 6.03. The standard InChI is InChI=1S/C25H26N4O12S/c1-3-18(26-25(34)41-13-15-6-10-17(11-7-15)29(37)38)24(33)42-22-19(39-2)20(30)27(22)21(31)23(32)40-12-14-4-8-16(9-5-14)28(35)36/h4-11,18-19,21-22,31H,3,12-13H2,1-2H3,(H,26,34)/t18?,19-,21?,22+/m0/s1. The molecule has 0 aliphatic carbocycles. The number of nitrogens with zero attached hydrogens (tertiary/aromatic N) is 3. The van der Waals surface area contributed by atoms with Crippen molar-refractivity contribution in [2.45, 2.75) is 50.3 Å². The first-order valence-corrected chi connectivity index (χ1v) is 13.1. The van der Waals surface area contributed by atoms with Crippen molar-refractivity contribution >= 4 is 46.2 Å². The number of non-ortho nitro benzene ring substituents is 2. The smallest absolute Gasteiger partial charge is 0.408 e. The number of β-lactam (4-membered cyclic amide) rings is 1. The highest BCUT2D eigenvalue weighted by Crippen LogP contribution is 2.35. The van der Waals surface area contributed by atoms with Crippen LogP contribution in [-0.2, 0) is 41.8 Å². The fraction of sp³-hybridized carbons (Fsp3) is 0.360. The lowest BCUT2D eigenvalue weighted by Crippen LogP contribution is -2.69. The summed E-state index contributed by atoms with van der Waals surface area (Å²) < 4.78 is 15.2. The van der Waals surface area contributed by atoms with Crippen molar-refractivity contribution < 1.29 is 48.3 Å². The van der Waals surface area contributed by atoms with Crippen molar-refractivity contribution in [2.24, 2.45) is 0 Å². The quantitative estimate of drug-likeness (QED) is 0.144. The molecule has 0 radical (unpaired) electrons. The average molecular weight is 607 g/mol. The van der Waals surface area contributed by atoms with Crippen LogP contribution in [0.3, 0.4) is 0 Å². The van der Waals surface area contributed by atoms with Crippen LogP contribution in [0.1, 0.15) is 24.5 Å². The second-order valence-corrected chi connectivity index (χ2v) is 9.86. The molecule has 4 atom stereocenters.